The molecule has 6 heteroatoms. The molecule has 0 aliphatic rings. The van der Waals surface area contributed by atoms with Crippen LogP contribution >= 0.6 is 12.2 Å². The summed E-state index contributed by atoms with van der Waals surface area (Å²) < 4.78 is 13.3. The number of halogens is 1. The fraction of sp³-hybridized carbons (Fsp3) is 0.364. The molecule has 94 valence electrons. The molecule has 0 spiro atoms. The molecule has 0 atom stereocenters. The van der Waals surface area contributed by atoms with Crippen LogP contribution in [0, 0.1) is 5.82 Å². The molecule has 0 radical (unpaired) electrons. The van der Waals surface area contributed by atoms with Gasteiger partial charge in [0.1, 0.15) is 5.82 Å². The first kappa shape index (κ1) is 13.8. The van der Waals surface area contributed by atoms with Gasteiger partial charge in [0.15, 0.2) is 5.11 Å². The van der Waals surface area contributed by atoms with Crippen LogP contribution in [0.3, 0.4) is 0 Å². The zero-order valence-corrected chi connectivity index (χ0v) is 10.1. The van der Waals surface area contributed by atoms with E-state index in [-0.39, 0.29) is 24.0 Å². The molecule has 1 aromatic rings. The molecule has 4 nitrogen and oxygen atoms in total. The molecule has 1 rings (SSSR count). The molecule has 0 heterocycles. The Balaban J connectivity index is 2.66. The summed E-state index contributed by atoms with van der Waals surface area (Å²) in [7, 11) is 0. The van der Waals surface area contributed by atoms with Crippen molar-refractivity contribution in [3.63, 3.8) is 0 Å². The maximum atomic E-state index is 13.3. The lowest BCUT2D eigenvalue weighted by Crippen LogP contribution is -2.38. The summed E-state index contributed by atoms with van der Waals surface area (Å²) in [6.45, 7) is 0.417. The normalized spacial score (nSPS) is 10.1. The molecule has 0 aromatic heterocycles. The molecule has 0 amide bonds. The van der Waals surface area contributed by atoms with E-state index in [4.69, 9.17) is 22.4 Å². The number of rotatable bonds is 5. The molecule has 0 saturated carbocycles. The Kier molecular flexibility index (Phi) is 5.82. The molecule has 0 unspecified atom stereocenters. The third kappa shape index (κ3) is 4.26. The molecule has 0 aliphatic carbocycles. The number of thiocarbonyl (C=S) groups is 1. The average molecular weight is 258 g/mol. The van der Waals surface area contributed by atoms with E-state index in [9.17, 15) is 4.39 Å². The van der Waals surface area contributed by atoms with Crippen LogP contribution in [0.2, 0.25) is 0 Å². The number of aliphatic hydroxyl groups is 2. The molecule has 0 bridgehead atoms. The van der Waals surface area contributed by atoms with Crippen molar-refractivity contribution in [2.75, 3.05) is 31.6 Å². The SMILES string of the molecule is OCCN(CCO)C(=S)Nc1ccccc1F. The van der Waals surface area contributed by atoms with Gasteiger partial charge in [-0.2, -0.15) is 0 Å². The van der Waals surface area contributed by atoms with Gasteiger partial charge in [-0.25, -0.2) is 4.39 Å². The number of benzene rings is 1. The number of nitrogens with one attached hydrogen (secondary N) is 1. The van der Waals surface area contributed by atoms with Crippen LogP contribution in [-0.2, 0) is 0 Å². The zero-order chi connectivity index (χ0) is 12.7. The first-order valence-corrected chi connectivity index (χ1v) is 5.62. The number of anilines is 1. The summed E-state index contributed by atoms with van der Waals surface area (Å²) in [6.07, 6.45) is 0. The predicted octanol–water partition coefficient (Wildman–Crippen LogP) is 0.809. The molecule has 0 aliphatic heterocycles. The van der Waals surface area contributed by atoms with Crippen molar-refractivity contribution in [2.45, 2.75) is 0 Å². The Labute approximate surface area is 105 Å². The largest absolute Gasteiger partial charge is 0.395 e. The first-order chi connectivity index (χ1) is 8.19. The van der Waals surface area contributed by atoms with E-state index in [2.05, 4.69) is 5.32 Å². The highest BCUT2D eigenvalue weighted by molar-refractivity contribution is 7.80. The van der Waals surface area contributed by atoms with Crippen LogP contribution < -0.4 is 5.32 Å². The minimum absolute atomic E-state index is 0.0842. The maximum Gasteiger partial charge on any atom is 0.173 e. The number of hydrogen-bond acceptors (Lipinski definition) is 3. The van der Waals surface area contributed by atoms with Gasteiger partial charge in [0.2, 0.25) is 0 Å². The van der Waals surface area contributed by atoms with E-state index in [0.29, 0.717) is 13.1 Å². The summed E-state index contributed by atoms with van der Waals surface area (Å²) in [5.41, 5.74) is 0.276. The van der Waals surface area contributed by atoms with Crippen molar-refractivity contribution in [1.82, 2.24) is 4.90 Å². The Morgan fingerprint density at radius 1 is 1.24 bits per heavy atom. The molecule has 0 saturated heterocycles. The second-order valence-electron chi connectivity index (χ2n) is 3.34. The lowest BCUT2D eigenvalue weighted by molar-refractivity contribution is 0.214. The minimum atomic E-state index is -0.400. The predicted molar refractivity (Wildman–Crippen MR) is 68.4 cm³/mol. The third-order valence-electron chi connectivity index (χ3n) is 2.14. The number of hydrogen-bond donors (Lipinski definition) is 3. The van der Waals surface area contributed by atoms with Crippen molar-refractivity contribution in [3.05, 3.63) is 30.1 Å². The number of nitrogens with zero attached hydrogens (tertiary/aromatic N) is 1. The van der Waals surface area contributed by atoms with Crippen molar-refractivity contribution >= 4 is 23.0 Å². The van der Waals surface area contributed by atoms with Gasteiger partial charge in [-0.15, -0.1) is 0 Å². The topological polar surface area (TPSA) is 55.7 Å². The summed E-state index contributed by atoms with van der Waals surface area (Å²) in [5, 5.41) is 20.7. The number of aliphatic hydroxyl groups excluding tert-OH is 2. The third-order valence-corrected chi connectivity index (χ3v) is 2.50. The average Bonchev–Trinajstić information content (AvgIpc) is 2.32. The second kappa shape index (κ2) is 7.16. The van der Waals surface area contributed by atoms with E-state index < -0.39 is 5.82 Å². The molecular formula is C11H15FN2O2S. The van der Waals surface area contributed by atoms with Crippen LogP contribution in [0.1, 0.15) is 0 Å². The maximum absolute atomic E-state index is 13.3. The lowest BCUT2D eigenvalue weighted by atomic mass is 10.3. The van der Waals surface area contributed by atoms with E-state index in [1.807, 2.05) is 0 Å². The second-order valence-corrected chi connectivity index (χ2v) is 3.73. The smallest absolute Gasteiger partial charge is 0.173 e. The Morgan fingerprint density at radius 3 is 2.35 bits per heavy atom. The van der Waals surface area contributed by atoms with E-state index in [0.717, 1.165) is 0 Å². The molecule has 1 aromatic carbocycles. The van der Waals surface area contributed by atoms with E-state index >= 15 is 0 Å². The fourth-order valence-corrected chi connectivity index (χ4v) is 1.61. The Hall–Kier alpha value is -1.24. The van der Waals surface area contributed by atoms with Gasteiger partial charge in [0.05, 0.1) is 18.9 Å². The van der Waals surface area contributed by atoms with Gasteiger partial charge in [-0.3, -0.25) is 0 Å². The standard InChI is InChI=1S/C11H15FN2O2S/c12-9-3-1-2-4-10(9)13-11(17)14(5-7-15)6-8-16/h1-4,15-16H,5-8H2,(H,13,17). The van der Waals surface area contributed by atoms with Gasteiger partial charge in [0, 0.05) is 13.1 Å². The quantitative estimate of drug-likeness (QED) is 0.682. The highest BCUT2D eigenvalue weighted by atomic mass is 32.1. The minimum Gasteiger partial charge on any atom is -0.395 e. The number of para-hydroxylation sites is 1. The van der Waals surface area contributed by atoms with Crippen LogP contribution in [0.5, 0.6) is 0 Å². The summed E-state index contributed by atoms with van der Waals surface area (Å²) >= 11 is 5.07. The van der Waals surface area contributed by atoms with Crippen LogP contribution in [0.25, 0.3) is 0 Å². The summed E-state index contributed by atoms with van der Waals surface area (Å²) in [5.74, 6) is -0.400. The molecule has 3 N–H and O–H groups in total. The van der Waals surface area contributed by atoms with Crippen LogP contribution in [0.15, 0.2) is 24.3 Å². The monoisotopic (exact) mass is 258 g/mol. The lowest BCUT2D eigenvalue weighted by Gasteiger charge is -2.24. The van der Waals surface area contributed by atoms with Crippen molar-refractivity contribution in [1.29, 1.82) is 0 Å². The van der Waals surface area contributed by atoms with Crippen molar-refractivity contribution in [3.8, 4) is 0 Å². The van der Waals surface area contributed by atoms with Gasteiger partial charge < -0.3 is 20.4 Å². The van der Waals surface area contributed by atoms with Gasteiger partial charge in [-0.1, -0.05) is 12.1 Å². The highest BCUT2D eigenvalue weighted by Crippen LogP contribution is 2.13. The van der Waals surface area contributed by atoms with Crippen molar-refractivity contribution < 1.29 is 14.6 Å². The van der Waals surface area contributed by atoms with Crippen molar-refractivity contribution in [2.24, 2.45) is 0 Å². The van der Waals surface area contributed by atoms with Gasteiger partial charge in [0.25, 0.3) is 0 Å². The highest BCUT2D eigenvalue weighted by Gasteiger charge is 2.10. The summed E-state index contributed by atoms with van der Waals surface area (Å²) in [6, 6.07) is 6.17. The van der Waals surface area contributed by atoms with Crippen LogP contribution in [0.4, 0.5) is 10.1 Å². The van der Waals surface area contributed by atoms with Crippen LogP contribution in [-0.4, -0.2) is 46.5 Å². The first-order valence-electron chi connectivity index (χ1n) is 5.21. The van der Waals surface area contributed by atoms with E-state index in [1.54, 1.807) is 23.1 Å². The molecular weight excluding hydrogens is 243 g/mol. The molecule has 0 fully saturated rings. The summed E-state index contributed by atoms with van der Waals surface area (Å²) in [4.78, 5) is 1.57. The fourth-order valence-electron chi connectivity index (χ4n) is 1.31. The van der Waals surface area contributed by atoms with Gasteiger partial charge in [-0.05, 0) is 24.4 Å². The zero-order valence-electron chi connectivity index (χ0n) is 9.27. The van der Waals surface area contributed by atoms with Gasteiger partial charge >= 0.3 is 0 Å². The Morgan fingerprint density at radius 2 is 1.82 bits per heavy atom. The molecule has 17 heavy (non-hydrogen) atoms. The van der Waals surface area contributed by atoms with E-state index in [1.165, 1.54) is 6.07 Å². The Bertz CT molecular complexity index is 370.